The van der Waals surface area contributed by atoms with Gasteiger partial charge in [-0.05, 0) is 0 Å². The van der Waals surface area contributed by atoms with Crippen LogP contribution in [0.15, 0.2) is 97.1 Å². The van der Waals surface area contributed by atoms with Gasteiger partial charge in [-0.2, -0.15) is 0 Å². The van der Waals surface area contributed by atoms with Crippen LogP contribution in [0.5, 0.6) is 11.5 Å². The van der Waals surface area contributed by atoms with Crippen molar-refractivity contribution >= 4 is 0 Å². The van der Waals surface area contributed by atoms with Crippen molar-refractivity contribution in [2.45, 2.75) is 59.6 Å². The summed E-state index contributed by atoms with van der Waals surface area (Å²) >= 11 is -3.94. The van der Waals surface area contributed by atoms with Gasteiger partial charge in [0.15, 0.2) is 0 Å². The van der Waals surface area contributed by atoms with E-state index in [2.05, 4.69) is 139 Å². The van der Waals surface area contributed by atoms with Crippen LogP contribution in [-0.4, -0.2) is 0 Å². The van der Waals surface area contributed by atoms with Crippen LogP contribution in [0.1, 0.15) is 52.7 Å². The van der Waals surface area contributed by atoms with Crippen LogP contribution in [0.3, 0.4) is 0 Å². The average molecular weight is 520 g/mol. The first-order valence-electron chi connectivity index (χ1n) is 11.9. The maximum atomic E-state index is 7.12. The van der Waals surface area contributed by atoms with E-state index in [9.17, 15) is 0 Å². The topological polar surface area (TPSA) is 18.5 Å². The molecule has 2 aromatic carbocycles. The predicted octanol–water partition coefficient (Wildman–Crippen LogP) is 8.55. The van der Waals surface area contributed by atoms with Crippen LogP contribution < -0.4 is 5.63 Å². The molecule has 33 heavy (non-hydrogen) atoms. The van der Waals surface area contributed by atoms with E-state index in [0.717, 1.165) is 11.5 Å². The zero-order chi connectivity index (χ0) is 23.7. The summed E-state index contributed by atoms with van der Waals surface area (Å²) in [5, 5.41) is 0. The average Bonchev–Trinajstić information content (AvgIpc) is 3.47. The van der Waals surface area contributed by atoms with Crippen molar-refractivity contribution in [3.8, 4) is 11.5 Å². The van der Waals surface area contributed by atoms with Crippen LogP contribution >= 0.6 is 0 Å². The van der Waals surface area contributed by atoms with Gasteiger partial charge in [0, 0.05) is 0 Å². The second-order valence-electron chi connectivity index (χ2n) is 11.1. The number of benzene rings is 2. The van der Waals surface area contributed by atoms with Crippen molar-refractivity contribution in [3.63, 3.8) is 0 Å². The molecule has 3 heteroatoms. The van der Waals surface area contributed by atoms with E-state index in [1.807, 2.05) is 0 Å². The Kier molecular flexibility index (Phi) is 6.74. The normalized spacial score (nSPS) is 16.7. The van der Waals surface area contributed by atoms with Crippen molar-refractivity contribution in [3.05, 3.63) is 108 Å². The number of rotatable bonds is 6. The Hall–Kier alpha value is -2.12. The molecule has 0 saturated carbocycles. The summed E-state index contributed by atoms with van der Waals surface area (Å²) in [6.45, 7) is 13.4. The molecule has 2 aliphatic carbocycles. The Morgan fingerprint density at radius 3 is 1.27 bits per heavy atom. The molecule has 0 aromatic heterocycles. The Balaban J connectivity index is 1.80. The number of hydrogen-bond donors (Lipinski definition) is 0. The summed E-state index contributed by atoms with van der Waals surface area (Å²) in [7, 11) is 0. The van der Waals surface area contributed by atoms with Gasteiger partial charge in [0.25, 0.3) is 0 Å². The summed E-state index contributed by atoms with van der Waals surface area (Å²) < 4.78 is 14.6. The number of hydrogen-bond acceptors (Lipinski definition) is 2. The van der Waals surface area contributed by atoms with Crippen molar-refractivity contribution < 1.29 is 26.8 Å². The molecule has 0 aliphatic heterocycles. The Labute approximate surface area is 205 Å². The molecule has 0 fully saturated rings. The third-order valence-corrected chi connectivity index (χ3v) is 15.6. The molecule has 172 valence electrons. The zero-order valence-electron chi connectivity index (χ0n) is 20.7. The molecular weight excluding hydrogens is 484 g/mol. The fraction of sp³-hybridized carbons (Fsp3) is 0.333. The first kappa shape index (κ1) is 24.0. The zero-order valence-corrected chi connectivity index (χ0v) is 23.2. The summed E-state index contributed by atoms with van der Waals surface area (Å²) in [5.41, 5.74) is 2.65. The van der Waals surface area contributed by atoms with E-state index in [0.29, 0.717) is 0 Å². The second kappa shape index (κ2) is 9.26. The molecule has 2 aliphatic rings. The quantitative estimate of drug-likeness (QED) is 0.381. The van der Waals surface area contributed by atoms with Gasteiger partial charge in [-0.15, -0.1) is 0 Å². The van der Waals surface area contributed by atoms with Gasteiger partial charge in [0.05, 0.1) is 0 Å². The molecule has 0 amide bonds. The summed E-state index contributed by atoms with van der Waals surface area (Å²) in [6.07, 6.45) is 17.6. The third kappa shape index (κ3) is 5.35. The number of allylic oxidation sites excluding steroid dienone is 8. The molecule has 0 N–H and O–H groups in total. The van der Waals surface area contributed by atoms with Gasteiger partial charge in [-0.1, -0.05) is 0 Å². The summed E-state index contributed by atoms with van der Waals surface area (Å²) in [4.78, 5) is 0. The summed E-state index contributed by atoms with van der Waals surface area (Å²) in [6, 6.07) is 17.1. The standard InChI is InChI=1S/2C10H14O.2C5H5.Zr/c2*1-10(2,3)8-5-4-6-9(11)7-8;2*1-2-4-5-3-1;/h2*4-7,11H,1-3H3;2*1-5H;/q;;;;+2/p-2. The van der Waals surface area contributed by atoms with Crippen molar-refractivity contribution in [1.29, 1.82) is 0 Å². The van der Waals surface area contributed by atoms with Crippen LogP contribution in [0.25, 0.3) is 0 Å². The van der Waals surface area contributed by atoms with Crippen molar-refractivity contribution in [2.24, 2.45) is 0 Å². The summed E-state index contributed by atoms with van der Waals surface area (Å²) in [5.74, 6) is 1.82. The van der Waals surface area contributed by atoms with Crippen LogP contribution in [0, 0.1) is 0 Å². The van der Waals surface area contributed by atoms with Gasteiger partial charge in [-0.3, -0.25) is 0 Å². The van der Waals surface area contributed by atoms with E-state index in [-0.39, 0.29) is 18.1 Å². The van der Waals surface area contributed by atoms with Gasteiger partial charge < -0.3 is 0 Å². The van der Waals surface area contributed by atoms with Crippen LogP contribution in [0.2, 0.25) is 7.25 Å². The maximum absolute atomic E-state index is 7.12. The molecule has 0 radical (unpaired) electrons. The minimum atomic E-state index is -3.94. The molecular formula is C30H36O2Zr. The Morgan fingerprint density at radius 2 is 0.939 bits per heavy atom. The van der Waals surface area contributed by atoms with E-state index in [1.165, 1.54) is 11.1 Å². The monoisotopic (exact) mass is 518 g/mol. The predicted molar refractivity (Wildman–Crippen MR) is 136 cm³/mol. The SMILES string of the molecule is CC(C)(C)c1cccc([O][Zr]([O]c2cccc(C(C)(C)C)c2)([CH]2C=CC=C2)[CH]2C=CC=C2)c1. The molecule has 0 unspecified atom stereocenters. The fourth-order valence-corrected chi connectivity index (χ4v) is 13.0. The van der Waals surface area contributed by atoms with Crippen molar-refractivity contribution in [1.82, 2.24) is 0 Å². The van der Waals surface area contributed by atoms with E-state index < -0.39 is 21.1 Å². The molecule has 0 heterocycles. The molecule has 2 nitrogen and oxygen atoms in total. The first-order chi connectivity index (χ1) is 15.6. The molecule has 0 spiro atoms. The van der Waals surface area contributed by atoms with Gasteiger partial charge >= 0.3 is 206 Å². The fourth-order valence-electron chi connectivity index (χ4n) is 4.34. The molecule has 0 atom stereocenters. The third-order valence-electron chi connectivity index (χ3n) is 6.38. The van der Waals surface area contributed by atoms with Crippen molar-refractivity contribution in [2.75, 3.05) is 0 Å². The van der Waals surface area contributed by atoms with Gasteiger partial charge in [-0.25, -0.2) is 0 Å². The van der Waals surface area contributed by atoms with E-state index >= 15 is 0 Å². The van der Waals surface area contributed by atoms with E-state index in [1.54, 1.807) is 0 Å². The molecule has 4 rings (SSSR count). The van der Waals surface area contributed by atoms with E-state index in [4.69, 9.17) is 5.63 Å². The van der Waals surface area contributed by atoms with Gasteiger partial charge in [0.2, 0.25) is 0 Å². The molecule has 2 aromatic rings. The first-order valence-corrected chi connectivity index (χ1v) is 16.7. The Morgan fingerprint density at radius 1 is 0.576 bits per heavy atom. The molecule has 0 bridgehead atoms. The van der Waals surface area contributed by atoms with Crippen LogP contribution in [-0.2, 0) is 32.0 Å². The second-order valence-corrected chi connectivity index (χ2v) is 18.9. The van der Waals surface area contributed by atoms with Crippen LogP contribution in [0.4, 0.5) is 0 Å². The molecule has 0 saturated heterocycles. The van der Waals surface area contributed by atoms with Gasteiger partial charge in [0.1, 0.15) is 0 Å². The minimum absolute atomic E-state index is 0.0553. The Bertz CT molecular complexity index is 995.